The van der Waals surface area contributed by atoms with E-state index in [1.54, 1.807) is 0 Å². The third-order valence-corrected chi connectivity index (χ3v) is 3.91. The van der Waals surface area contributed by atoms with Crippen LogP contribution in [0.1, 0.15) is 53.4 Å². The number of aliphatic hydroxyl groups excluding tert-OH is 1. The lowest BCUT2D eigenvalue weighted by Gasteiger charge is -2.17. The average Bonchev–Trinajstić information content (AvgIpc) is 2.94. The summed E-state index contributed by atoms with van der Waals surface area (Å²) in [6.07, 6.45) is 10.1. The Hall–Kier alpha value is -0.830. The summed E-state index contributed by atoms with van der Waals surface area (Å²) in [5.74, 6) is 1.89. The molecule has 0 aromatic heterocycles. The molecule has 2 aliphatic carbocycles. The lowest BCUT2D eigenvalue weighted by molar-refractivity contribution is -0.145. The van der Waals surface area contributed by atoms with Crippen molar-refractivity contribution in [3.8, 4) is 0 Å². The number of carbonyl (C=O) groups excluding carboxylic acids is 1. The lowest BCUT2D eigenvalue weighted by Crippen LogP contribution is -2.17. The number of hydrogen-bond donors (Lipinski definition) is 1. The molecule has 1 N–H and O–H groups in total. The number of esters is 1. The highest BCUT2D eigenvalue weighted by atomic mass is 16.5. The van der Waals surface area contributed by atoms with Crippen LogP contribution < -0.4 is 0 Å². The van der Waals surface area contributed by atoms with Gasteiger partial charge >= 0.3 is 5.97 Å². The Morgan fingerprint density at radius 3 is 2.53 bits per heavy atom. The van der Waals surface area contributed by atoms with Crippen LogP contribution in [-0.2, 0) is 9.53 Å². The molecule has 0 saturated heterocycles. The molecule has 0 radical (unpaired) electrons. The maximum absolute atomic E-state index is 11.5. The Morgan fingerprint density at radius 2 is 1.95 bits per heavy atom. The van der Waals surface area contributed by atoms with Crippen LogP contribution in [0, 0.1) is 17.8 Å². The van der Waals surface area contributed by atoms with Crippen LogP contribution in [0.2, 0.25) is 0 Å². The number of allylic oxidation sites excluding steroid dienone is 2. The van der Waals surface area contributed by atoms with Crippen LogP contribution in [0.5, 0.6) is 0 Å². The molecule has 0 amide bonds. The van der Waals surface area contributed by atoms with E-state index in [2.05, 4.69) is 12.2 Å². The van der Waals surface area contributed by atoms with Crippen LogP contribution in [-0.4, -0.2) is 24.3 Å². The topological polar surface area (TPSA) is 46.5 Å². The van der Waals surface area contributed by atoms with Gasteiger partial charge in [0.1, 0.15) is 0 Å². The highest BCUT2D eigenvalue weighted by Gasteiger charge is 2.36. The van der Waals surface area contributed by atoms with Crippen molar-refractivity contribution >= 4 is 5.97 Å². The van der Waals surface area contributed by atoms with E-state index < -0.39 is 0 Å². The Bertz CT molecular complexity index is 286. The average molecular weight is 270 g/mol. The van der Waals surface area contributed by atoms with Gasteiger partial charge in [0.15, 0.2) is 0 Å². The van der Waals surface area contributed by atoms with E-state index in [9.17, 15) is 4.79 Å². The standard InChI is InChI=1S/C14H22O3.2CH4/c15-7-3-1-2-4-14(16)17-10-13-9-11-5-6-12(13)8-11;;/h5-6,11-13,15H,1-4,7-10H2;2*1H4. The van der Waals surface area contributed by atoms with E-state index >= 15 is 0 Å². The third kappa shape index (κ3) is 5.35. The maximum Gasteiger partial charge on any atom is 0.305 e. The van der Waals surface area contributed by atoms with E-state index in [1.807, 2.05) is 0 Å². The number of ether oxygens (including phenoxy) is 1. The first-order valence-corrected chi connectivity index (χ1v) is 6.74. The summed E-state index contributed by atoms with van der Waals surface area (Å²) in [6.45, 7) is 0.816. The predicted octanol–water partition coefficient (Wildman–Crippen LogP) is 3.57. The van der Waals surface area contributed by atoms with Crippen molar-refractivity contribution in [3.63, 3.8) is 0 Å². The quantitative estimate of drug-likeness (QED) is 0.437. The molecule has 2 aliphatic rings. The van der Waals surface area contributed by atoms with Crippen LogP contribution in [0.15, 0.2) is 12.2 Å². The molecule has 1 saturated carbocycles. The van der Waals surface area contributed by atoms with Crippen molar-refractivity contribution in [2.45, 2.75) is 53.4 Å². The molecule has 0 aromatic carbocycles. The Balaban J connectivity index is 0.00000162. The van der Waals surface area contributed by atoms with Crippen LogP contribution >= 0.6 is 0 Å². The van der Waals surface area contributed by atoms with Gasteiger partial charge in [0.05, 0.1) is 6.61 Å². The molecule has 3 heteroatoms. The molecule has 2 bridgehead atoms. The summed E-state index contributed by atoms with van der Waals surface area (Å²) in [6, 6.07) is 0. The van der Waals surface area contributed by atoms with Crippen molar-refractivity contribution < 1.29 is 14.6 Å². The normalized spacial score (nSPS) is 26.7. The molecular weight excluding hydrogens is 240 g/mol. The summed E-state index contributed by atoms with van der Waals surface area (Å²) < 4.78 is 5.32. The van der Waals surface area contributed by atoms with Crippen molar-refractivity contribution in [2.75, 3.05) is 13.2 Å². The van der Waals surface area contributed by atoms with Gasteiger partial charge in [-0.1, -0.05) is 33.4 Å². The zero-order valence-corrected chi connectivity index (χ0v) is 10.3. The maximum atomic E-state index is 11.5. The minimum absolute atomic E-state index is 0. The van der Waals surface area contributed by atoms with E-state index in [0.717, 1.165) is 25.2 Å². The van der Waals surface area contributed by atoms with Crippen LogP contribution in [0.25, 0.3) is 0 Å². The molecule has 3 unspecified atom stereocenters. The molecule has 0 spiro atoms. The SMILES string of the molecule is C.C.O=C(CCCCCO)OCC1CC2C=CC1C2. The number of aliphatic hydroxyl groups is 1. The molecule has 112 valence electrons. The molecule has 3 nitrogen and oxygen atoms in total. The first kappa shape index (κ1) is 18.2. The Labute approximate surface area is 118 Å². The van der Waals surface area contributed by atoms with Gasteiger partial charge in [-0.15, -0.1) is 0 Å². The van der Waals surface area contributed by atoms with Gasteiger partial charge in [0.25, 0.3) is 0 Å². The fourth-order valence-electron chi connectivity index (χ4n) is 2.92. The third-order valence-electron chi connectivity index (χ3n) is 3.91. The number of fused-ring (bicyclic) bond motifs is 2. The van der Waals surface area contributed by atoms with Gasteiger partial charge in [-0.2, -0.15) is 0 Å². The molecule has 19 heavy (non-hydrogen) atoms. The van der Waals surface area contributed by atoms with Crippen molar-refractivity contribution in [2.24, 2.45) is 17.8 Å². The minimum Gasteiger partial charge on any atom is -0.465 e. The first-order chi connectivity index (χ1) is 8.29. The Morgan fingerprint density at radius 1 is 1.16 bits per heavy atom. The largest absolute Gasteiger partial charge is 0.465 e. The van der Waals surface area contributed by atoms with Crippen LogP contribution in [0.4, 0.5) is 0 Å². The highest BCUT2D eigenvalue weighted by molar-refractivity contribution is 5.69. The summed E-state index contributed by atoms with van der Waals surface area (Å²) in [5.41, 5.74) is 0. The number of carbonyl (C=O) groups is 1. The van der Waals surface area contributed by atoms with Gasteiger partial charge in [-0.25, -0.2) is 0 Å². The van der Waals surface area contributed by atoms with Crippen LogP contribution in [0.3, 0.4) is 0 Å². The van der Waals surface area contributed by atoms with E-state index in [1.165, 1.54) is 12.8 Å². The molecule has 1 fully saturated rings. The second-order valence-corrected chi connectivity index (χ2v) is 5.26. The van der Waals surface area contributed by atoms with Crippen molar-refractivity contribution in [1.29, 1.82) is 0 Å². The monoisotopic (exact) mass is 270 g/mol. The molecule has 2 rings (SSSR count). The fourth-order valence-corrected chi connectivity index (χ4v) is 2.92. The van der Waals surface area contributed by atoms with Crippen molar-refractivity contribution in [1.82, 2.24) is 0 Å². The number of rotatable bonds is 7. The van der Waals surface area contributed by atoms with E-state index in [-0.39, 0.29) is 27.4 Å². The van der Waals surface area contributed by atoms with E-state index in [4.69, 9.17) is 9.84 Å². The molecule has 0 aliphatic heterocycles. The summed E-state index contributed by atoms with van der Waals surface area (Å²) in [4.78, 5) is 11.5. The zero-order chi connectivity index (χ0) is 12.1. The molecule has 0 heterocycles. The Kier molecular flexibility index (Phi) is 8.73. The molecule has 3 atom stereocenters. The fraction of sp³-hybridized carbons (Fsp3) is 0.812. The number of hydrogen-bond acceptors (Lipinski definition) is 3. The summed E-state index contributed by atoms with van der Waals surface area (Å²) in [5, 5.41) is 8.62. The van der Waals surface area contributed by atoms with Gasteiger partial charge < -0.3 is 9.84 Å². The van der Waals surface area contributed by atoms with Gasteiger partial charge in [-0.3, -0.25) is 4.79 Å². The first-order valence-electron chi connectivity index (χ1n) is 6.74. The molecular formula is C16H30O3. The van der Waals surface area contributed by atoms with Crippen molar-refractivity contribution in [3.05, 3.63) is 12.2 Å². The van der Waals surface area contributed by atoms with Gasteiger partial charge in [0, 0.05) is 13.0 Å². The summed E-state index contributed by atoms with van der Waals surface area (Å²) in [7, 11) is 0. The highest BCUT2D eigenvalue weighted by Crippen LogP contribution is 2.43. The second-order valence-electron chi connectivity index (χ2n) is 5.26. The number of unbranched alkanes of at least 4 members (excludes halogenated alkanes) is 2. The van der Waals surface area contributed by atoms with Gasteiger partial charge in [0.2, 0.25) is 0 Å². The minimum atomic E-state index is -0.0744. The smallest absolute Gasteiger partial charge is 0.305 e. The second kappa shape index (κ2) is 9.13. The van der Waals surface area contributed by atoms with Gasteiger partial charge in [-0.05, 0) is 43.4 Å². The molecule has 0 aromatic rings. The predicted molar refractivity (Wildman–Crippen MR) is 78.8 cm³/mol. The zero-order valence-electron chi connectivity index (χ0n) is 10.3. The lowest BCUT2D eigenvalue weighted by atomic mass is 9.95. The van der Waals surface area contributed by atoms with E-state index in [0.29, 0.717) is 24.9 Å². The summed E-state index contributed by atoms with van der Waals surface area (Å²) >= 11 is 0.